The van der Waals surface area contributed by atoms with E-state index in [2.05, 4.69) is 21.6 Å². The van der Waals surface area contributed by atoms with Gasteiger partial charge in [0, 0.05) is 11.7 Å². The zero-order valence-corrected chi connectivity index (χ0v) is 12.9. The van der Waals surface area contributed by atoms with Crippen LogP contribution >= 0.6 is 23.3 Å². The third-order valence-corrected chi connectivity index (χ3v) is 5.78. The van der Waals surface area contributed by atoms with Gasteiger partial charge in [-0.1, -0.05) is 18.7 Å². The molecule has 106 valence electrons. The van der Waals surface area contributed by atoms with Crippen molar-refractivity contribution in [3.63, 3.8) is 0 Å². The maximum Gasteiger partial charge on any atom is 0.237 e. The van der Waals surface area contributed by atoms with Gasteiger partial charge in [0.1, 0.15) is 5.82 Å². The second-order valence-corrected chi connectivity index (χ2v) is 7.16. The van der Waals surface area contributed by atoms with Crippen LogP contribution in [-0.4, -0.2) is 33.1 Å². The van der Waals surface area contributed by atoms with Gasteiger partial charge in [0.05, 0.1) is 5.54 Å². The molecule has 2 rings (SSSR count). The molecule has 1 saturated carbocycles. The van der Waals surface area contributed by atoms with Crippen LogP contribution in [0, 0.1) is 0 Å². The summed E-state index contributed by atoms with van der Waals surface area (Å²) in [5, 5.41) is 3.51. The first kappa shape index (κ1) is 14.7. The average Bonchev–Trinajstić information content (AvgIpc) is 2.86. The number of likely N-dealkylation sites (N-methyl/N-ethyl adjacent to an activating group) is 1. The smallest absolute Gasteiger partial charge is 0.237 e. The van der Waals surface area contributed by atoms with Crippen LogP contribution in [0.3, 0.4) is 0 Å². The third-order valence-electron chi connectivity index (χ3n) is 3.69. The van der Waals surface area contributed by atoms with Gasteiger partial charge in [-0.05, 0) is 44.3 Å². The molecule has 1 aromatic heterocycles. The molecule has 5 nitrogen and oxygen atoms in total. The highest BCUT2D eigenvalue weighted by Crippen LogP contribution is 2.38. The summed E-state index contributed by atoms with van der Waals surface area (Å²) in [5.41, 5.74) is 5.01. The minimum absolute atomic E-state index is 0.244. The number of aromatic nitrogens is 2. The number of hydrogen-bond acceptors (Lipinski definition) is 6. The molecule has 1 heterocycles. The highest BCUT2D eigenvalue weighted by atomic mass is 32.2. The van der Waals surface area contributed by atoms with E-state index in [0.717, 1.165) is 42.3 Å². The zero-order chi connectivity index (χ0) is 13.9. The van der Waals surface area contributed by atoms with Crippen LogP contribution < -0.4 is 11.1 Å². The molecule has 0 aromatic carbocycles. The lowest BCUT2D eigenvalue weighted by atomic mass is 9.81. The number of amides is 1. The monoisotopic (exact) mass is 300 g/mol. The van der Waals surface area contributed by atoms with E-state index in [1.165, 1.54) is 11.5 Å². The molecular weight excluding hydrogens is 280 g/mol. The average molecular weight is 300 g/mol. The van der Waals surface area contributed by atoms with Crippen molar-refractivity contribution < 1.29 is 4.79 Å². The summed E-state index contributed by atoms with van der Waals surface area (Å²) in [6.07, 6.45) is 4.57. The van der Waals surface area contributed by atoms with E-state index in [1.807, 2.05) is 7.05 Å². The molecule has 0 aliphatic heterocycles. The van der Waals surface area contributed by atoms with Gasteiger partial charge in [-0.3, -0.25) is 4.79 Å². The molecule has 2 atom stereocenters. The number of carbonyl (C=O) groups is 1. The van der Waals surface area contributed by atoms with Crippen molar-refractivity contribution in [3.05, 3.63) is 5.82 Å². The van der Waals surface area contributed by atoms with Gasteiger partial charge in [0.25, 0.3) is 0 Å². The Morgan fingerprint density at radius 2 is 2.47 bits per heavy atom. The van der Waals surface area contributed by atoms with E-state index in [4.69, 9.17) is 5.73 Å². The largest absolute Gasteiger partial charge is 0.368 e. The van der Waals surface area contributed by atoms with Crippen LogP contribution in [0.4, 0.5) is 0 Å². The molecule has 0 spiro atoms. The van der Waals surface area contributed by atoms with Gasteiger partial charge in [-0.25, -0.2) is 4.98 Å². The molecule has 0 radical (unpaired) electrons. The number of carbonyl (C=O) groups excluding carboxylic acids is 1. The van der Waals surface area contributed by atoms with Gasteiger partial charge in [0.2, 0.25) is 5.91 Å². The predicted molar refractivity (Wildman–Crippen MR) is 78.4 cm³/mol. The Labute approximate surface area is 121 Å². The highest BCUT2D eigenvalue weighted by molar-refractivity contribution is 8.01. The Bertz CT molecular complexity index is 451. The Morgan fingerprint density at radius 1 is 1.68 bits per heavy atom. The van der Waals surface area contributed by atoms with Crippen molar-refractivity contribution in [1.82, 2.24) is 14.7 Å². The first-order chi connectivity index (χ1) is 9.09. The third kappa shape index (κ3) is 3.27. The van der Waals surface area contributed by atoms with E-state index >= 15 is 0 Å². The molecule has 1 aromatic rings. The van der Waals surface area contributed by atoms with Gasteiger partial charge >= 0.3 is 0 Å². The van der Waals surface area contributed by atoms with Crippen LogP contribution in [0.5, 0.6) is 0 Å². The molecule has 19 heavy (non-hydrogen) atoms. The second-order valence-electron chi connectivity index (χ2n) is 4.86. The molecule has 0 saturated heterocycles. The lowest BCUT2D eigenvalue weighted by molar-refractivity contribution is -0.125. The SMILES string of the molecule is CCc1nsc(SC2CCCC(NC)(C(N)=O)C2)n1. The Hall–Kier alpha value is -0.660. The van der Waals surface area contributed by atoms with E-state index in [9.17, 15) is 4.79 Å². The lowest BCUT2D eigenvalue weighted by Gasteiger charge is -2.37. The number of nitrogens with one attached hydrogen (secondary N) is 1. The number of nitrogens with two attached hydrogens (primary N) is 1. The van der Waals surface area contributed by atoms with Gasteiger partial charge in [0.15, 0.2) is 4.34 Å². The minimum atomic E-state index is -0.547. The first-order valence-corrected chi connectivity index (χ1v) is 8.23. The maximum atomic E-state index is 11.7. The quantitative estimate of drug-likeness (QED) is 0.863. The topological polar surface area (TPSA) is 80.9 Å². The number of nitrogens with zero attached hydrogens (tertiary/aromatic N) is 2. The summed E-state index contributed by atoms with van der Waals surface area (Å²) in [6, 6.07) is 0. The fourth-order valence-electron chi connectivity index (χ4n) is 2.47. The summed E-state index contributed by atoms with van der Waals surface area (Å²) >= 11 is 3.18. The van der Waals surface area contributed by atoms with E-state index in [1.54, 1.807) is 11.8 Å². The van der Waals surface area contributed by atoms with Crippen LogP contribution in [0.1, 0.15) is 38.4 Å². The highest BCUT2D eigenvalue weighted by Gasteiger charge is 2.40. The molecule has 3 N–H and O–H groups in total. The van der Waals surface area contributed by atoms with Crippen molar-refractivity contribution in [2.75, 3.05) is 7.05 Å². The lowest BCUT2D eigenvalue weighted by Crippen LogP contribution is -2.57. The summed E-state index contributed by atoms with van der Waals surface area (Å²) < 4.78 is 5.29. The van der Waals surface area contributed by atoms with Crippen molar-refractivity contribution >= 4 is 29.2 Å². The molecule has 7 heteroatoms. The Balaban J connectivity index is 2.03. The van der Waals surface area contributed by atoms with Crippen LogP contribution in [0.15, 0.2) is 4.34 Å². The summed E-state index contributed by atoms with van der Waals surface area (Å²) in [7, 11) is 1.82. The Kier molecular flexibility index (Phi) is 4.81. The minimum Gasteiger partial charge on any atom is -0.368 e. The van der Waals surface area contributed by atoms with Crippen LogP contribution in [0.25, 0.3) is 0 Å². The van der Waals surface area contributed by atoms with Gasteiger partial charge in [-0.2, -0.15) is 4.37 Å². The molecule has 1 aliphatic carbocycles. The van der Waals surface area contributed by atoms with Gasteiger partial charge < -0.3 is 11.1 Å². The van der Waals surface area contributed by atoms with Crippen molar-refractivity contribution in [2.45, 2.75) is 54.2 Å². The van der Waals surface area contributed by atoms with Crippen molar-refractivity contribution in [1.29, 1.82) is 0 Å². The summed E-state index contributed by atoms with van der Waals surface area (Å²) in [4.78, 5) is 16.2. The number of primary amides is 1. The molecule has 1 amide bonds. The number of thioether (sulfide) groups is 1. The van der Waals surface area contributed by atoms with Crippen LogP contribution in [0.2, 0.25) is 0 Å². The molecule has 1 aliphatic rings. The molecule has 0 bridgehead atoms. The van der Waals surface area contributed by atoms with E-state index in [-0.39, 0.29) is 5.91 Å². The van der Waals surface area contributed by atoms with E-state index in [0.29, 0.717) is 5.25 Å². The fourth-order valence-corrected chi connectivity index (χ4v) is 4.76. The van der Waals surface area contributed by atoms with Crippen molar-refractivity contribution in [2.24, 2.45) is 5.73 Å². The molecule has 1 fully saturated rings. The number of hydrogen-bond donors (Lipinski definition) is 2. The predicted octanol–water partition coefficient (Wildman–Crippen LogP) is 1.58. The second kappa shape index (κ2) is 6.19. The first-order valence-electron chi connectivity index (χ1n) is 6.57. The fraction of sp³-hybridized carbons (Fsp3) is 0.750. The number of aryl methyl sites for hydroxylation is 1. The van der Waals surface area contributed by atoms with Crippen molar-refractivity contribution in [3.8, 4) is 0 Å². The Morgan fingerprint density at radius 3 is 3.05 bits per heavy atom. The number of rotatable bonds is 5. The normalized spacial score (nSPS) is 27.4. The van der Waals surface area contributed by atoms with Gasteiger partial charge in [-0.15, -0.1) is 0 Å². The standard InChI is InChI=1S/C12H20N4OS2/c1-3-9-15-11(19-16-9)18-8-5-4-6-12(7-8,14-2)10(13)17/h8,14H,3-7H2,1-2H3,(H2,13,17). The summed E-state index contributed by atoms with van der Waals surface area (Å²) in [5.74, 6) is 0.657. The summed E-state index contributed by atoms with van der Waals surface area (Å²) in [6.45, 7) is 2.05. The molecular formula is C12H20N4OS2. The molecule has 2 unspecified atom stereocenters. The van der Waals surface area contributed by atoms with E-state index < -0.39 is 5.54 Å². The maximum absolute atomic E-state index is 11.7. The van der Waals surface area contributed by atoms with Crippen LogP contribution in [-0.2, 0) is 11.2 Å². The zero-order valence-electron chi connectivity index (χ0n) is 11.3.